The maximum Gasteiger partial charge on any atom is 0.241 e. The Balaban J connectivity index is 1.39. The average Bonchev–Trinajstić information content (AvgIpc) is 3.16. The minimum atomic E-state index is -0.0365. The summed E-state index contributed by atoms with van der Waals surface area (Å²) in [6.45, 7) is 4.74. The van der Waals surface area contributed by atoms with Crippen LogP contribution < -0.4 is 9.47 Å². The van der Waals surface area contributed by atoms with Crippen molar-refractivity contribution < 1.29 is 14.0 Å². The van der Waals surface area contributed by atoms with E-state index in [1.165, 1.54) is 0 Å². The van der Waals surface area contributed by atoms with Crippen LogP contribution in [0.25, 0.3) is 11.4 Å². The topological polar surface area (TPSA) is 73.5 Å². The normalized spacial score (nSPS) is 16.0. The molecule has 134 valence electrons. The second-order valence-electron chi connectivity index (χ2n) is 6.08. The van der Waals surface area contributed by atoms with Gasteiger partial charge in [-0.25, -0.2) is 0 Å². The second kappa shape index (κ2) is 7.53. The summed E-state index contributed by atoms with van der Waals surface area (Å²) >= 11 is 0. The number of aromatic nitrogens is 3. The van der Waals surface area contributed by atoms with Crippen LogP contribution in [0.5, 0.6) is 11.5 Å². The van der Waals surface area contributed by atoms with E-state index >= 15 is 0 Å². The minimum absolute atomic E-state index is 0.0365. The number of rotatable bonds is 6. The fourth-order valence-corrected chi connectivity index (χ4v) is 2.87. The van der Waals surface area contributed by atoms with Crippen molar-refractivity contribution in [1.82, 2.24) is 20.0 Å². The van der Waals surface area contributed by atoms with Crippen molar-refractivity contribution in [2.24, 2.45) is 0 Å². The molecule has 3 aromatic rings. The van der Waals surface area contributed by atoms with E-state index in [0.29, 0.717) is 24.9 Å². The maximum atomic E-state index is 6.03. The Morgan fingerprint density at radius 2 is 2.04 bits per heavy atom. The molecule has 7 nitrogen and oxygen atoms in total. The summed E-state index contributed by atoms with van der Waals surface area (Å²) in [4.78, 5) is 10.7. The van der Waals surface area contributed by atoms with Gasteiger partial charge in [0.25, 0.3) is 0 Å². The van der Waals surface area contributed by atoms with Crippen molar-refractivity contribution in [1.29, 1.82) is 0 Å². The van der Waals surface area contributed by atoms with Gasteiger partial charge in [0.2, 0.25) is 11.7 Å². The molecule has 0 fully saturated rings. The van der Waals surface area contributed by atoms with Crippen molar-refractivity contribution in [3.8, 4) is 22.9 Å². The van der Waals surface area contributed by atoms with Gasteiger partial charge in [-0.15, -0.1) is 0 Å². The van der Waals surface area contributed by atoms with Gasteiger partial charge in [-0.1, -0.05) is 24.2 Å². The van der Waals surface area contributed by atoms with Crippen molar-refractivity contribution in [3.05, 3.63) is 54.7 Å². The molecule has 0 bridgehead atoms. The number of benzene rings is 1. The first-order valence-corrected chi connectivity index (χ1v) is 8.65. The van der Waals surface area contributed by atoms with Crippen LogP contribution in [0.15, 0.2) is 53.3 Å². The molecule has 1 atom stereocenters. The predicted octanol–water partition coefficient (Wildman–Crippen LogP) is 2.79. The summed E-state index contributed by atoms with van der Waals surface area (Å²) in [6.07, 6.45) is 3.40. The minimum Gasteiger partial charge on any atom is -0.486 e. The van der Waals surface area contributed by atoms with E-state index in [9.17, 15) is 0 Å². The molecule has 2 aromatic heterocycles. The summed E-state index contributed by atoms with van der Waals surface area (Å²) in [5.74, 6) is 2.71. The molecular weight excluding hydrogens is 332 g/mol. The lowest BCUT2D eigenvalue weighted by Gasteiger charge is -2.30. The fraction of sp³-hybridized carbons (Fsp3) is 0.316. The number of ether oxygens (including phenoxy) is 2. The molecule has 3 heterocycles. The predicted molar refractivity (Wildman–Crippen MR) is 94.8 cm³/mol. The van der Waals surface area contributed by atoms with Gasteiger partial charge in [-0.05, 0) is 30.8 Å². The second-order valence-corrected chi connectivity index (χ2v) is 6.08. The van der Waals surface area contributed by atoms with E-state index in [0.717, 1.165) is 30.2 Å². The summed E-state index contributed by atoms with van der Waals surface area (Å²) < 4.78 is 17.2. The first kappa shape index (κ1) is 16.5. The number of fused-ring (bicyclic) bond motifs is 1. The molecule has 0 radical (unpaired) electrons. The molecule has 4 rings (SSSR count). The molecule has 7 heteroatoms. The first-order valence-electron chi connectivity index (χ1n) is 8.65. The van der Waals surface area contributed by atoms with Crippen LogP contribution >= 0.6 is 0 Å². The molecule has 26 heavy (non-hydrogen) atoms. The average molecular weight is 352 g/mol. The largest absolute Gasteiger partial charge is 0.486 e. The third-order valence-electron chi connectivity index (χ3n) is 4.22. The van der Waals surface area contributed by atoms with Gasteiger partial charge in [-0.2, -0.15) is 4.98 Å². The fourth-order valence-electron chi connectivity index (χ4n) is 2.87. The molecule has 0 saturated heterocycles. The van der Waals surface area contributed by atoms with E-state index in [1.807, 2.05) is 36.4 Å². The lowest BCUT2D eigenvalue weighted by atomic mass is 10.2. The zero-order valence-electron chi connectivity index (χ0n) is 14.5. The van der Waals surface area contributed by atoms with Crippen LogP contribution in [-0.2, 0) is 6.54 Å². The van der Waals surface area contributed by atoms with E-state index in [1.54, 1.807) is 12.4 Å². The van der Waals surface area contributed by atoms with Gasteiger partial charge in [-0.3, -0.25) is 9.88 Å². The molecule has 1 aliphatic heterocycles. The Morgan fingerprint density at radius 1 is 1.15 bits per heavy atom. The SMILES string of the molecule is CCN(Cc1nc(-c2cccnc2)no1)CC1COc2ccccc2O1. The Hall–Kier alpha value is -2.93. The van der Waals surface area contributed by atoms with Crippen LogP contribution in [0.1, 0.15) is 12.8 Å². The Labute approximate surface area is 151 Å². The molecule has 1 aromatic carbocycles. The van der Waals surface area contributed by atoms with Crippen molar-refractivity contribution in [3.63, 3.8) is 0 Å². The van der Waals surface area contributed by atoms with Crippen LogP contribution in [-0.4, -0.2) is 45.8 Å². The molecule has 1 aliphatic rings. The van der Waals surface area contributed by atoms with Crippen LogP contribution in [0, 0.1) is 0 Å². The lowest BCUT2D eigenvalue weighted by molar-refractivity contribution is 0.0551. The van der Waals surface area contributed by atoms with Crippen LogP contribution in [0.3, 0.4) is 0 Å². The number of nitrogens with zero attached hydrogens (tertiary/aromatic N) is 4. The number of para-hydroxylation sites is 2. The number of hydrogen-bond acceptors (Lipinski definition) is 7. The standard InChI is InChI=1S/C19H20N4O3/c1-2-23(11-15-13-24-16-7-3-4-8-17(16)25-15)12-18-21-19(22-26-18)14-6-5-9-20-10-14/h3-10,15H,2,11-13H2,1H3. The molecule has 0 saturated carbocycles. The lowest BCUT2D eigenvalue weighted by Crippen LogP contribution is -2.40. The highest BCUT2D eigenvalue weighted by Crippen LogP contribution is 2.31. The zero-order valence-corrected chi connectivity index (χ0v) is 14.5. The van der Waals surface area contributed by atoms with Crippen molar-refractivity contribution in [2.45, 2.75) is 19.6 Å². The summed E-state index contributed by atoms with van der Waals surface area (Å²) in [7, 11) is 0. The van der Waals surface area contributed by atoms with Gasteiger partial charge in [0.15, 0.2) is 11.5 Å². The van der Waals surface area contributed by atoms with Crippen molar-refractivity contribution in [2.75, 3.05) is 19.7 Å². The Kier molecular flexibility index (Phi) is 4.79. The molecular formula is C19H20N4O3. The molecule has 0 aliphatic carbocycles. The van der Waals surface area contributed by atoms with Crippen molar-refractivity contribution >= 4 is 0 Å². The van der Waals surface area contributed by atoms with Crippen LogP contribution in [0.4, 0.5) is 0 Å². The van der Waals surface area contributed by atoms with Gasteiger partial charge in [0, 0.05) is 24.5 Å². The highest BCUT2D eigenvalue weighted by Gasteiger charge is 2.23. The van der Waals surface area contributed by atoms with E-state index in [-0.39, 0.29) is 6.10 Å². The monoisotopic (exact) mass is 352 g/mol. The summed E-state index contributed by atoms with van der Waals surface area (Å²) in [5, 5.41) is 4.04. The number of likely N-dealkylation sites (N-methyl/N-ethyl adjacent to an activating group) is 1. The number of hydrogen-bond donors (Lipinski definition) is 0. The maximum absolute atomic E-state index is 6.03. The molecule has 0 spiro atoms. The Bertz CT molecular complexity index is 853. The van der Waals surface area contributed by atoms with E-state index in [2.05, 4.69) is 26.9 Å². The first-order chi connectivity index (χ1) is 12.8. The van der Waals surface area contributed by atoms with Gasteiger partial charge in [0.05, 0.1) is 6.54 Å². The number of pyridine rings is 1. The van der Waals surface area contributed by atoms with Gasteiger partial charge in [0.1, 0.15) is 12.7 Å². The molecule has 0 amide bonds. The highest BCUT2D eigenvalue weighted by atomic mass is 16.6. The quantitative estimate of drug-likeness (QED) is 0.675. The zero-order chi connectivity index (χ0) is 17.8. The van der Waals surface area contributed by atoms with Gasteiger partial charge < -0.3 is 14.0 Å². The molecule has 0 N–H and O–H groups in total. The van der Waals surface area contributed by atoms with Gasteiger partial charge >= 0.3 is 0 Å². The third-order valence-corrected chi connectivity index (χ3v) is 4.22. The summed E-state index contributed by atoms with van der Waals surface area (Å²) in [6, 6.07) is 11.5. The smallest absolute Gasteiger partial charge is 0.241 e. The van der Waals surface area contributed by atoms with Crippen LogP contribution in [0.2, 0.25) is 0 Å². The summed E-state index contributed by atoms with van der Waals surface area (Å²) in [5.41, 5.74) is 0.839. The highest BCUT2D eigenvalue weighted by molar-refractivity contribution is 5.51. The van der Waals surface area contributed by atoms with E-state index < -0.39 is 0 Å². The Morgan fingerprint density at radius 3 is 2.85 bits per heavy atom. The third kappa shape index (κ3) is 3.67. The molecule has 1 unspecified atom stereocenters. The van der Waals surface area contributed by atoms with E-state index in [4.69, 9.17) is 14.0 Å².